The highest BCUT2D eigenvalue weighted by Crippen LogP contribution is 2.23. The van der Waals surface area contributed by atoms with Crippen molar-refractivity contribution in [2.75, 3.05) is 13.1 Å². The number of amides is 2. The number of imidazole rings is 1. The molecule has 0 saturated carbocycles. The first-order valence-electron chi connectivity index (χ1n) is 6.37. The molecule has 5 nitrogen and oxygen atoms in total. The lowest BCUT2D eigenvalue weighted by Gasteiger charge is -2.27. The Morgan fingerprint density at radius 1 is 1.53 bits per heavy atom. The fourth-order valence-electron chi connectivity index (χ4n) is 2.24. The monoisotopic (exact) mass is 276 g/mol. The van der Waals surface area contributed by atoms with Gasteiger partial charge in [-0.2, -0.15) is 0 Å². The number of fused-ring (bicyclic) bond motifs is 1. The van der Waals surface area contributed by atoms with Crippen molar-refractivity contribution in [3.8, 4) is 0 Å². The zero-order valence-electron chi connectivity index (χ0n) is 10.6. The maximum atomic E-state index is 12.1. The lowest BCUT2D eigenvalue weighted by atomic mass is 10.1. The van der Waals surface area contributed by atoms with Crippen molar-refractivity contribution in [2.24, 2.45) is 0 Å². The van der Waals surface area contributed by atoms with E-state index in [1.807, 2.05) is 15.7 Å². The maximum Gasteiger partial charge on any atom is 0.317 e. The van der Waals surface area contributed by atoms with Gasteiger partial charge in [0.1, 0.15) is 0 Å². The summed E-state index contributed by atoms with van der Waals surface area (Å²) < 4.78 is 1.95. The molecule has 1 aliphatic heterocycles. The minimum Gasteiger partial charge on any atom is -0.336 e. The number of carbonyl (C=O) groups is 1. The largest absolute Gasteiger partial charge is 0.336 e. The summed E-state index contributed by atoms with van der Waals surface area (Å²) in [5.74, 6) is 0. The third kappa shape index (κ3) is 2.78. The molecule has 1 aliphatic rings. The number of nitrogens with one attached hydrogen (secondary N) is 1. The van der Waals surface area contributed by atoms with Crippen LogP contribution in [0.4, 0.5) is 4.79 Å². The van der Waals surface area contributed by atoms with Crippen LogP contribution in [0.15, 0.2) is 30.2 Å². The fourth-order valence-corrected chi connectivity index (χ4v) is 3.13. The van der Waals surface area contributed by atoms with Gasteiger partial charge in [-0.15, -0.1) is 11.3 Å². The second-order valence-electron chi connectivity index (χ2n) is 4.57. The Morgan fingerprint density at radius 3 is 3.32 bits per heavy atom. The summed E-state index contributed by atoms with van der Waals surface area (Å²) in [5.41, 5.74) is 1.29. The highest BCUT2D eigenvalue weighted by atomic mass is 32.1. The van der Waals surface area contributed by atoms with Gasteiger partial charge in [0.15, 0.2) is 0 Å². The molecule has 2 aromatic heterocycles. The number of thiophene rings is 1. The minimum absolute atomic E-state index is 0.0250. The van der Waals surface area contributed by atoms with Gasteiger partial charge in [0, 0.05) is 43.4 Å². The van der Waals surface area contributed by atoms with Gasteiger partial charge in [-0.05, 0) is 23.4 Å². The second kappa shape index (κ2) is 5.44. The maximum absolute atomic E-state index is 12.1. The van der Waals surface area contributed by atoms with Crippen LogP contribution < -0.4 is 5.32 Å². The van der Waals surface area contributed by atoms with E-state index in [0.29, 0.717) is 6.54 Å². The van der Waals surface area contributed by atoms with Gasteiger partial charge in [-0.1, -0.05) is 0 Å². The van der Waals surface area contributed by atoms with E-state index in [2.05, 4.69) is 21.7 Å². The molecule has 19 heavy (non-hydrogen) atoms. The average Bonchev–Trinajstić information content (AvgIpc) is 3.08. The Kier molecular flexibility index (Phi) is 3.50. The van der Waals surface area contributed by atoms with Crippen molar-refractivity contribution in [1.82, 2.24) is 19.8 Å². The molecular formula is C13H16N4OS. The van der Waals surface area contributed by atoms with Crippen LogP contribution in [0.25, 0.3) is 0 Å². The van der Waals surface area contributed by atoms with E-state index in [1.165, 1.54) is 10.4 Å². The molecule has 0 aromatic carbocycles. The molecule has 2 amide bonds. The Hall–Kier alpha value is -1.82. The van der Waals surface area contributed by atoms with Crippen LogP contribution in [0, 0.1) is 0 Å². The molecular weight excluding hydrogens is 260 g/mol. The van der Waals surface area contributed by atoms with Crippen LogP contribution in [0.1, 0.15) is 10.4 Å². The van der Waals surface area contributed by atoms with Gasteiger partial charge in [0.2, 0.25) is 0 Å². The van der Waals surface area contributed by atoms with Crippen LogP contribution in [0.3, 0.4) is 0 Å². The number of carbonyl (C=O) groups excluding carboxylic acids is 1. The lowest BCUT2D eigenvalue weighted by molar-refractivity contribution is 0.192. The minimum atomic E-state index is 0.0250. The topological polar surface area (TPSA) is 50.2 Å². The number of aromatic nitrogens is 2. The van der Waals surface area contributed by atoms with Crippen molar-refractivity contribution < 1.29 is 4.79 Å². The van der Waals surface area contributed by atoms with Gasteiger partial charge in [0.25, 0.3) is 0 Å². The van der Waals surface area contributed by atoms with E-state index in [9.17, 15) is 4.79 Å². The van der Waals surface area contributed by atoms with Gasteiger partial charge in [0.05, 0.1) is 6.33 Å². The Morgan fingerprint density at radius 2 is 2.47 bits per heavy atom. The molecule has 1 N–H and O–H groups in total. The van der Waals surface area contributed by atoms with Gasteiger partial charge < -0.3 is 14.8 Å². The van der Waals surface area contributed by atoms with Crippen LogP contribution in [0.5, 0.6) is 0 Å². The second-order valence-corrected chi connectivity index (χ2v) is 5.57. The molecule has 3 rings (SSSR count). The predicted molar refractivity (Wildman–Crippen MR) is 74.1 cm³/mol. The van der Waals surface area contributed by atoms with E-state index < -0.39 is 0 Å². The normalized spacial score (nSPS) is 14.2. The van der Waals surface area contributed by atoms with E-state index in [-0.39, 0.29) is 6.03 Å². The van der Waals surface area contributed by atoms with Crippen LogP contribution in [0.2, 0.25) is 0 Å². The summed E-state index contributed by atoms with van der Waals surface area (Å²) in [6, 6.07) is 2.14. The summed E-state index contributed by atoms with van der Waals surface area (Å²) in [7, 11) is 0. The average molecular weight is 276 g/mol. The summed E-state index contributed by atoms with van der Waals surface area (Å²) in [6.45, 7) is 2.92. The summed E-state index contributed by atoms with van der Waals surface area (Å²) in [4.78, 5) is 19.3. The standard InChI is InChI=1S/C13H16N4OS/c18-13(15-4-7-16-6-3-14-10-16)17-5-1-12-11(9-17)2-8-19-12/h2-3,6,8,10H,1,4-5,7,9H2,(H,15,18). The SMILES string of the molecule is O=C(NCCn1ccnc1)N1CCc2sccc2C1. The van der Waals surface area contributed by atoms with Crippen molar-refractivity contribution in [2.45, 2.75) is 19.5 Å². The first-order chi connectivity index (χ1) is 9.33. The van der Waals surface area contributed by atoms with Gasteiger partial charge in [-0.25, -0.2) is 9.78 Å². The quantitative estimate of drug-likeness (QED) is 0.928. The first-order valence-corrected chi connectivity index (χ1v) is 7.24. The summed E-state index contributed by atoms with van der Waals surface area (Å²) in [6.07, 6.45) is 6.36. The van der Waals surface area contributed by atoms with E-state index in [0.717, 1.165) is 26.1 Å². The van der Waals surface area contributed by atoms with E-state index in [4.69, 9.17) is 0 Å². The number of hydrogen-bond acceptors (Lipinski definition) is 3. The Bertz CT molecular complexity index is 549. The highest BCUT2D eigenvalue weighted by molar-refractivity contribution is 7.10. The molecule has 100 valence electrons. The van der Waals surface area contributed by atoms with Gasteiger partial charge >= 0.3 is 6.03 Å². The molecule has 0 unspecified atom stereocenters. The first kappa shape index (κ1) is 12.2. The number of rotatable bonds is 3. The third-order valence-corrected chi connectivity index (χ3v) is 4.32. The van der Waals surface area contributed by atoms with E-state index in [1.54, 1.807) is 23.9 Å². The molecule has 2 aromatic rings. The van der Waals surface area contributed by atoms with E-state index >= 15 is 0 Å². The third-order valence-electron chi connectivity index (χ3n) is 3.30. The van der Waals surface area contributed by atoms with Crippen LogP contribution >= 0.6 is 11.3 Å². The lowest BCUT2D eigenvalue weighted by Crippen LogP contribution is -2.43. The highest BCUT2D eigenvalue weighted by Gasteiger charge is 2.20. The molecule has 0 spiro atoms. The summed E-state index contributed by atoms with van der Waals surface area (Å²) >= 11 is 1.79. The molecule has 0 saturated heterocycles. The smallest absolute Gasteiger partial charge is 0.317 e. The van der Waals surface area contributed by atoms with Crippen molar-refractivity contribution in [3.63, 3.8) is 0 Å². The molecule has 3 heterocycles. The van der Waals surface area contributed by atoms with Crippen molar-refractivity contribution in [1.29, 1.82) is 0 Å². The predicted octanol–water partition coefficient (Wildman–Crippen LogP) is 1.71. The number of urea groups is 1. The molecule has 0 fully saturated rings. The molecule has 0 aliphatic carbocycles. The van der Waals surface area contributed by atoms with Crippen molar-refractivity contribution >= 4 is 17.4 Å². The number of hydrogen-bond donors (Lipinski definition) is 1. The zero-order valence-corrected chi connectivity index (χ0v) is 11.4. The van der Waals surface area contributed by atoms with Crippen LogP contribution in [-0.2, 0) is 19.5 Å². The van der Waals surface area contributed by atoms with Crippen LogP contribution in [-0.4, -0.2) is 33.6 Å². The zero-order chi connectivity index (χ0) is 13.1. The molecule has 6 heteroatoms. The molecule has 0 radical (unpaired) electrons. The molecule has 0 bridgehead atoms. The molecule has 0 atom stereocenters. The Balaban J connectivity index is 1.49. The fraction of sp³-hybridized carbons (Fsp3) is 0.385. The van der Waals surface area contributed by atoms with Crippen molar-refractivity contribution in [3.05, 3.63) is 40.6 Å². The number of nitrogens with zero attached hydrogens (tertiary/aromatic N) is 3. The summed E-state index contributed by atoms with van der Waals surface area (Å²) in [5, 5.41) is 5.06. The van der Waals surface area contributed by atoms with Gasteiger partial charge in [-0.3, -0.25) is 0 Å². The Labute approximate surface area is 115 Å².